The third-order valence-corrected chi connectivity index (χ3v) is 4.51. The number of methoxy groups -OCH3 is 1. The summed E-state index contributed by atoms with van der Waals surface area (Å²) in [7, 11) is 3.55. The average molecular weight is 328 g/mol. The molecule has 0 unspecified atom stereocenters. The van der Waals surface area contributed by atoms with Gasteiger partial charge < -0.3 is 18.9 Å². The number of nitrogens with zero attached hydrogens (tertiary/aromatic N) is 2. The normalized spacial score (nSPS) is 17.6. The predicted molar refractivity (Wildman–Crippen MR) is 92.5 cm³/mol. The van der Waals surface area contributed by atoms with Gasteiger partial charge in [0.2, 0.25) is 0 Å². The second-order valence-corrected chi connectivity index (χ2v) is 6.25. The molecule has 2 aromatic rings. The first kappa shape index (κ1) is 16.4. The van der Waals surface area contributed by atoms with Crippen LogP contribution in [0.2, 0.25) is 0 Å². The molecular formula is C19H24N2O3. The number of hydrogen-bond donors (Lipinski definition) is 0. The van der Waals surface area contributed by atoms with Crippen molar-refractivity contribution in [3.63, 3.8) is 0 Å². The lowest BCUT2D eigenvalue weighted by molar-refractivity contribution is 0.0624. The van der Waals surface area contributed by atoms with Crippen LogP contribution in [0.15, 0.2) is 42.6 Å². The van der Waals surface area contributed by atoms with Gasteiger partial charge in [-0.25, -0.2) is 0 Å². The summed E-state index contributed by atoms with van der Waals surface area (Å²) in [6, 6.07) is 11.4. The number of piperidine rings is 1. The quantitative estimate of drug-likeness (QED) is 0.847. The number of ether oxygens (including phenoxy) is 2. The minimum atomic E-state index is 0.108. The second-order valence-electron chi connectivity index (χ2n) is 6.25. The molecule has 3 rings (SSSR count). The van der Waals surface area contributed by atoms with Gasteiger partial charge >= 0.3 is 0 Å². The first-order valence-electron chi connectivity index (χ1n) is 8.35. The number of carbonyl (C=O) groups excluding carboxylic acids is 1. The van der Waals surface area contributed by atoms with Gasteiger partial charge in [-0.05, 0) is 49.2 Å². The second kappa shape index (κ2) is 7.43. The highest BCUT2D eigenvalue weighted by Crippen LogP contribution is 2.22. The summed E-state index contributed by atoms with van der Waals surface area (Å²) in [5, 5.41) is 0. The van der Waals surface area contributed by atoms with Crippen molar-refractivity contribution in [3.8, 4) is 11.5 Å². The Morgan fingerprint density at radius 1 is 1.21 bits per heavy atom. The van der Waals surface area contributed by atoms with Gasteiger partial charge in [-0.2, -0.15) is 0 Å². The lowest BCUT2D eigenvalue weighted by atomic mass is 9.98. The number of aromatic nitrogens is 1. The molecule has 2 heterocycles. The van der Waals surface area contributed by atoms with Gasteiger partial charge in [-0.1, -0.05) is 0 Å². The van der Waals surface area contributed by atoms with Gasteiger partial charge in [0.05, 0.1) is 13.7 Å². The molecule has 24 heavy (non-hydrogen) atoms. The van der Waals surface area contributed by atoms with Gasteiger partial charge in [-0.15, -0.1) is 0 Å². The molecule has 1 aliphatic heterocycles. The fourth-order valence-corrected chi connectivity index (χ4v) is 3.12. The zero-order chi connectivity index (χ0) is 16.9. The average Bonchev–Trinajstić information content (AvgIpc) is 3.06. The third-order valence-electron chi connectivity index (χ3n) is 4.51. The molecule has 0 bridgehead atoms. The van der Waals surface area contributed by atoms with Crippen LogP contribution in [0.25, 0.3) is 0 Å². The van der Waals surface area contributed by atoms with Crippen LogP contribution in [0.3, 0.4) is 0 Å². The Kier molecular flexibility index (Phi) is 5.08. The maximum Gasteiger partial charge on any atom is 0.270 e. The van der Waals surface area contributed by atoms with Crippen LogP contribution in [0.1, 0.15) is 23.3 Å². The molecule has 5 nitrogen and oxygen atoms in total. The number of aryl methyl sites for hydroxylation is 1. The lowest BCUT2D eigenvalue weighted by Gasteiger charge is -2.32. The SMILES string of the molecule is COc1ccc(OC[C@H]2CCCN(C(=O)c3cccn3C)C2)cc1. The third kappa shape index (κ3) is 3.72. The molecule has 1 fully saturated rings. The van der Waals surface area contributed by atoms with Crippen LogP contribution in [-0.2, 0) is 7.05 Å². The molecular weight excluding hydrogens is 304 g/mol. The van der Waals surface area contributed by atoms with Crippen LogP contribution in [0.4, 0.5) is 0 Å². The summed E-state index contributed by atoms with van der Waals surface area (Å²) in [6.45, 7) is 2.20. The van der Waals surface area contributed by atoms with E-state index in [1.807, 2.05) is 59.1 Å². The van der Waals surface area contributed by atoms with Crippen molar-refractivity contribution < 1.29 is 14.3 Å². The van der Waals surface area contributed by atoms with Crippen molar-refractivity contribution >= 4 is 5.91 Å². The molecule has 1 aromatic carbocycles. The highest BCUT2D eigenvalue weighted by atomic mass is 16.5. The standard InChI is InChI=1S/C19H24N2O3/c1-20-11-4-6-18(20)19(22)21-12-3-5-15(13-21)14-24-17-9-7-16(23-2)8-10-17/h4,6-11,15H,3,5,12-14H2,1-2H3/t15-/m0/s1. The Bertz CT molecular complexity index is 678. The fourth-order valence-electron chi connectivity index (χ4n) is 3.12. The monoisotopic (exact) mass is 328 g/mol. The summed E-state index contributed by atoms with van der Waals surface area (Å²) in [4.78, 5) is 14.6. The van der Waals surface area contributed by atoms with E-state index >= 15 is 0 Å². The number of benzene rings is 1. The van der Waals surface area contributed by atoms with Gasteiger partial charge in [0.1, 0.15) is 17.2 Å². The van der Waals surface area contributed by atoms with Crippen molar-refractivity contribution in [2.45, 2.75) is 12.8 Å². The van der Waals surface area contributed by atoms with E-state index in [0.29, 0.717) is 12.5 Å². The molecule has 1 aromatic heterocycles. The van der Waals surface area contributed by atoms with E-state index in [-0.39, 0.29) is 5.91 Å². The van der Waals surface area contributed by atoms with Crippen molar-refractivity contribution in [2.75, 3.05) is 26.8 Å². The molecule has 0 saturated carbocycles. The van der Waals surface area contributed by atoms with Crippen molar-refractivity contribution in [1.29, 1.82) is 0 Å². The maximum atomic E-state index is 12.6. The van der Waals surface area contributed by atoms with Crippen LogP contribution in [-0.4, -0.2) is 42.2 Å². The summed E-state index contributed by atoms with van der Waals surface area (Å²) in [5.41, 5.74) is 0.742. The van der Waals surface area contributed by atoms with E-state index < -0.39 is 0 Å². The number of likely N-dealkylation sites (tertiary alicyclic amines) is 1. The Morgan fingerprint density at radius 3 is 2.62 bits per heavy atom. The lowest BCUT2D eigenvalue weighted by Crippen LogP contribution is -2.42. The minimum Gasteiger partial charge on any atom is -0.497 e. The Hall–Kier alpha value is -2.43. The summed E-state index contributed by atoms with van der Waals surface area (Å²) < 4.78 is 12.9. The Labute approximate surface area is 142 Å². The van der Waals surface area contributed by atoms with Crippen LogP contribution in [0, 0.1) is 5.92 Å². The summed E-state index contributed by atoms with van der Waals surface area (Å²) in [6.07, 6.45) is 4.02. The van der Waals surface area contributed by atoms with E-state index in [4.69, 9.17) is 9.47 Å². The Balaban J connectivity index is 1.55. The smallest absolute Gasteiger partial charge is 0.270 e. The van der Waals surface area contributed by atoms with Crippen LogP contribution in [0.5, 0.6) is 11.5 Å². The zero-order valence-corrected chi connectivity index (χ0v) is 14.3. The highest BCUT2D eigenvalue weighted by molar-refractivity contribution is 5.92. The molecule has 0 radical (unpaired) electrons. The molecule has 1 atom stereocenters. The van der Waals surface area contributed by atoms with Gasteiger partial charge in [-0.3, -0.25) is 4.79 Å². The molecule has 1 amide bonds. The van der Waals surface area contributed by atoms with Crippen molar-refractivity contribution in [1.82, 2.24) is 9.47 Å². The molecule has 1 saturated heterocycles. The van der Waals surface area contributed by atoms with Crippen LogP contribution < -0.4 is 9.47 Å². The first-order chi connectivity index (χ1) is 11.7. The maximum absolute atomic E-state index is 12.6. The number of hydrogen-bond acceptors (Lipinski definition) is 3. The minimum absolute atomic E-state index is 0.108. The number of carbonyl (C=O) groups is 1. The van der Waals surface area contributed by atoms with Gasteiger partial charge in [0.25, 0.3) is 5.91 Å². The zero-order valence-electron chi connectivity index (χ0n) is 14.3. The van der Waals surface area contributed by atoms with Crippen molar-refractivity contribution in [3.05, 3.63) is 48.3 Å². The van der Waals surface area contributed by atoms with Crippen molar-refractivity contribution in [2.24, 2.45) is 13.0 Å². The molecule has 1 aliphatic rings. The number of rotatable bonds is 5. The van der Waals surface area contributed by atoms with E-state index in [1.54, 1.807) is 7.11 Å². The molecule has 128 valence electrons. The molecule has 5 heteroatoms. The van der Waals surface area contributed by atoms with Gasteiger partial charge in [0, 0.05) is 32.3 Å². The molecule has 0 aliphatic carbocycles. The Morgan fingerprint density at radius 2 is 1.96 bits per heavy atom. The van der Waals surface area contributed by atoms with E-state index in [0.717, 1.165) is 43.1 Å². The number of amides is 1. The molecule has 0 N–H and O–H groups in total. The van der Waals surface area contributed by atoms with E-state index in [2.05, 4.69) is 0 Å². The highest BCUT2D eigenvalue weighted by Gasteiger charge is 2.26. The largest absolute Gasteiger partial charge is 0.497 e. The fraction of sp³-hybridized carbons (Fsp3) is 0.421. The first-order valence-corrected chi connectivity index (χ1v) is 8.35. The summed E-state index contributed by atoms with van der Waals surface area (Å²) >= 11 is 0. The van der Waals surface area contributed by atoms with E-state index in [9.17, 15) is 4.79 Å². The van der Waals surface area contributed by atoms with Gasteiger partial charge in [0.15, 0.2) is 0 Å². The topological polar surface area (TPSA) is 43.7 Å². The van der Waals surface area contributed by atoms with Crippen LogP contribution >= 0.6 is 0 Å². The summed E-state index contributed by atoms with van der Waals surface area (Å²) in [5.74, 6) is 2.13. The van der Waals surface area contributed by atoms with E-state index in [1.165, 1.54) is 0 Å². The molecule has 0 spiro atoms. The predicted octanol–water partition coefficient (Wildman–Crippen LogP) is 2.96.